The Balaban J connectivity index is 1.67. The number of nitrogens with zero attached hydrogens (tertiary/aromatic N) is 5. The number of anilines is 2. The molecule has 4 heterocycles. The van der Waals surface area contributed by atoms with Gasteiger partial charge < -0.3 is 10.2 Å². The number of alkyl halides is 3. The lowest BCUT2D eigenvalue weighted by Gasteiger charge is -2.37. The Morgan fingerprint density at radius 2 is 2.04 bits per heavy atom. The van der Waals surface area contributed by atoms with Crippen molar-refractivity contribution in [1.29, 1.82) is 0 Å². The van der Waals surface area contributed by atoms with Gasteiger partial charge in [0.25, 0.3) is 5.91 Å². The summed E-state index contributed by atoms with van der Waals surface area (Å²) < 4.78 is 41.5. The molecule has 7 nitrogen and oxygen atoms in total. The summed E-state index contributed by atoms with van der Waals surface area (Å²) in [6.45, 7) is 0.259. The van der Waals surface area contributed by atoms with E-state index in [0.717, 1.165) is 0 Å². The molecule has 3 aromatic heterocycles. The molecule has 0 aliphatic carbocycles. The van der Waals surface area contributed by atoms with Crippen molar-refractivity contribution >= 4 is 23.1 Å². The van der Waals surface area contributed by atoms with Gasteiger partial charge in [-0.05, 0) is 43.5 Å². The van der Waals surface area contributed by atoms with Gasteiger partial charge in [-0.15, -0.1) is 5.10 Å². The maximum atomic E-state index is 13.4. The van der Waals surface area contributed by atoms with E-state index in [1.165, 1.54) is 27.9 Å². The zero-order valence-corrected chi connectivity index (χ0v) is 14.7. The first-order valence-corrected chi connectivity index (χ1v) is 8.83. The summed E-state index contributed by atoms with van der Waals surface area (Å²) >= 11 is 0. The van der Waals surface area contributed by atoms with E-state index in [1.807, 2.05) is 0 Å². The molecule has 0 bridgehead atoms. The van der Waals surface area contributed by atoms with E-state index in [0.29, 0.717) is 24.2 Å². The minimum absolute atomic E-state index is 0.0293. The quantitative estimate of drug-likeness (QED) is 0.743. The summed E-state index contributed by atoms with van der Waals surface area (Å²) in [5.74, 6) is -0.306. The zero-order valence-electron chi connectivity index (χ0n) is 14.7. The van der Waals surface area contributed by atoms with E-state index >= 15 is 0 Å². The third kappa shape index (κ3) is 3.49. The van der Waals surface area contributed by atoms with Crippen LogP contribution in [0.5, 0.6) is 0 Å². The highest BCUT2D eigenvalue weighted by molar-refractivity contribution is 6.03. The normalized spacial score (nSPS) is 17.7. The van der Waals surface area contributed by atoms with Crippen LogP contribution in [-0.4, -0.2) is 44.3 Å². The molecule has 0 saturated carbocycles. The Labute approximate surface area is 158 Å². The summed E-state index contributed by atoms with van der Waals surface area (Å²) in [4.78, 5) is 21.9. The van der Waals surface area contributed by atoms with Crippen molar-refractivity contribution in [1.82, 2.24) is 19.6 Å². The van der Waals surface area contributed by atoms with Crippen LogP contribution >= 0.6 is 0 Å². The van der Waals surface area contributed by atoms with Crippen LogP contribution in [0, 0.1) is 0 Å². The third-order valence-electron chi connectivity index (χ3n) is 4.68. The third-order valence-corrected chi connectivity index (χ3v) is 4.68. The molecule has 0 spiro atoms. The van der Waals surface area contributed by atoms with Gasteiger partial charge >= 0.3 is 6.18 Å². The number of hydrogen-bond donors (Lipinski definition) is 1. The molecule has 1 aliphatic heterocycles. The number of pyridine rings is 1. The number of nitrogens with one attached hydrogen (secondary N) is 1. The summed E-state index contributed by atoms with van der Waals surface area (Å²) in [7, 11) is 0. The number of hydrogen-bond acceptors (Lipinski definition) is 5. The van der Waals surface area contributed by atoms with Gasteiger partial charge in [-0.1, -0.05) is 0 Å². The van der Waals surface area contributed by atoms with Crippen molar-refractivity contribution in [3.8, 4) is 0 Å². The van der Waals surface area contributed by atoms with Gasteiger partial charge in [-0.3, -0.25) is 9.78 Å². The molecule has 28 heavy (non-hydrogen) atoms. The van der Waals surface area contributed by atoms with Gasteiger partial charge in [0.1, 0.15) is 11.9 Å². The second-order valence-corrected chi connectivity index (χ2v) is 6.55. The molecule has 1 atom stereocenters. The number of imidazole rings is 1. The van der Waals surface area contributed by atoms with Crippen LogP contribution in [0.1, 0.15) is 29.8 Å². The molecule has 1 N–H and O–H groups in total. The first kappa shape index (κ1) is 18.2. The number of amides is 1. The number of carbonyl (C=O) groups is 1. The van der Waals surface area contributed by atoms with Crippen LogP contribution in [0.2, 0.25) is 0 Å². The zero-order chi connectivity index (χ0) is 19.7. The fraction of sp³-hybridized carbons (Fsp3) is 0.333. The lowest BCUT2D eigenvalue weighted by Crippen LogP contribution is -2.49. The van der Waals surface area contributed by atoms with Gasteiger partial charge in [0.05, 0.1) is 18.1 Å². The van der Waals surface area contributed by atoms with Gasteiger partial charge in [0.2, 0.25) is 0 Å². The molecule has 3 aromatic rings. The van der Waals surface area contributed by atoms with E-state index in [9.17, 15) is 18.0 Å². The van der Waals surface area contributed by atoms with Crippen LogP contribution in [0.3, 0.4) is 0 Å². The molecule has 1 amide bonds. The highest BCUT2D eigenvalue weighted by Gasteiger charge is 2.45. The highest BCUT2D eigenvalue weighted by Crippen LogP contribution is 2.34. The molecular formula is C18H17F3N6O. The number of fused-ring (bicyclic) bond motifs is 1. The minimum atomic E-state index is -4.34. The van der Waals surface area contributed by atoms with E-state index < -0.39 is 18.1 Å². The van der Waals surface area contributed by atoms with Crippen molar-refractivity contribution in [3.05, 3.63) is 48.5 Å². The van der Waals surface area contributed by atoms with Gasteiger partial charge in [-0.25, -0.2) is 9.50 Å². The number of rotatable bonds is 3. The van der Waals surface area contributed by atoms with Crippen LogP contribution in [-0.2, 0) is 0 Å². The number of aromatic nitrogens is 4. The van der Waals surface area contributed by atoms with E-state index in [2.05, 4.69) is 20.4 Å². The van der Waals surface area contributed by atoms with E-state index in [4.69, 9.17) is 0 Å². The Morgan fingerprint density at radius 1 is 1.18 bits per heavy atom. The van der Waals surface area contributed by atoms with E-state index in [1.54, 1.807) is 24.4 Å². The molecule has 146 valence electrons. The van der Waals surface area contributed by atoms with Gasteiger partial charge in [-0.2, -0.15) is 13.2 Å². The molecule has 1 saturated heterocycles. The number of carbonyl (C=O) groups excluding carboxylic acids is 1. The Kier molecular flexibility index (Phi) is 4.62. The minimum Gasteiger partial charge on any atom is -0.343 e. The van der Waals surface area contributed by atoms with Crippen LogP contribution in [0.4, 0.5) is 24.7 Å². The van der Waals surface area contributed by atoms with Crippen molar-refractivity contribution in [2.45, 2.75) is 31.5 Å². The predicted molar refractivity (Wildman–Crippen MR) is 96.2 cm³/mol. The van der Waals surface area contributed by atoms with Crippen LogP contribution in [0.25, 0.3) is 5.65 Å². The average Bonchev–Trinajstić information content (AvgIpc) is 3.11. The van der Waals surface area contributed by atoms with Crippen molar-refractivity contribution < 1.29 is 18.0 Å². The Hall–Kier alpha value is -3.17. The Bertz CT molecular complexity index is 988. The second-order valence-electron chi connectivity index (χ2n) is 6.55. The monoisotopic (exact) mass is 390 g/mol. The maximum Gasteiger partial charge on any atom is 0.408 e. The molecular weight excluding hydrogens is 373 g/mol. The smallest absolute Gasteiger partial charge is 0.343 e. The summed E-state index contributed by atoms with van der Waals surface area (Å²) in [6, 6.07) is 4.84. The molecule has 0 aromatic carbocycles. The summed E-state index contributed by atoms with van der Waals surface area (Å²) in [5.41, 5.74) is 0.994. The van der Waals surface area contributed by atoms with Crippen LogP contribution in [0.15, 0.2) is 42.9 Å². The largest absolute Gasteiger partial charge is 0.408 e. The highest BCUT2D eigenvalue weighted by atomic mass is 19.4. The van der Waals surface area contributed by atoms with Crippen molar-refractivity contribution in [3.63, 3.8) is 0 Å². The molecule has 1 aliphatic rings. The number of halogens is 3. The first-order valence-electron chi connectivity index (χ1n) is 8.83. The van der Waals surface area contributed by atoms with Crippen LogP contribution < -0.4 is 10.2 Å². The fourth-order valence-corrected chi connectivity index (χ4v) is 3.35. The summed E-state index contributed by atoms with van der Waals surface area (Å²) in [5, 5.41) is 6.96. The lowest BCUT2D eigenvalue weighted by atomic mass is 10.0. The van der Waals surface area contributed by atoms with Crippen molar-refractivity contribution in [2.24, 2.45) is 0 Å². The van der Waals surface area contributed by atoms with Gasteiger partial charge in [0.15, 0.2) is 11.3 Å². The van der Waals surface area contributed by atoms with Crippen molar-refractivity contribution in [2.75, 3.05) is 16.8 Å². The fourth-order valence-electron chi connectivity index (χ4n) is 3.35. The topological polar surface area (TPSA) is 75.4 Å². The molecule has 0 radical (unpaired) electrons. The summed E-state index contributed by atoms with van der Waals surface area (Å²) in [6.07, 6.45) is 1.27. The average molecular weight is 390 g/mol. The maximum absolute atomic E-state index is 13.4. The second kappa shape index (κ2) is 7.10. The predicted octanol–water partition coefficient (Wildman–Crippen LogP) is 3.30. The standard InChI is InChI=1S/C18H17F3N6O/c19-18(20,21)14-5-1-2-9-26(14)16-7-6-15-23-11-13(27(15)25-16)17(28)24-12-4-3-8-22-10-12/h3-4,6-8,10-11,14H,1-2,5,9H2,(H,24,28). The molecule has 1 unspecified atom stereocenters. The Morgan fingerprint density at radius 3 is 2.79 bits per heavy atom. The van der Waals surface area contributed by atoms with Gasteiger partial charge in [0, 0.05) is 12.7 Å². The molecule has 1 fully saturated rings. The number of piperidine rings is 1. The SMILES string of the molecule is O=C(Nc1cccnc1)c1cnc2ccc(N3CCCCC3C(F)(F)F)nn12. The molecule has 10 heteroatoms. The lowest BCUT2D eigenvalue weighted by molar-refractivity contribution is -0.152. The first-order chi connectivity index (χ1) is 13.4. The molecule has 4 rings (SSSR count). The van der Waals surface area contributed by atoms with E-state index in [-0.39, 0.29) is 24.5 Å².